The molecule has 19 heavy (non-hydrogen) atoms. The van der Waals surface area contributed by atoms with Crippen molar-refractivity contribution in [2.24, 2.45) is 7.05 Å². The number of benzene rings is 1. The van der Waals surface area contributed by atoms with Crippen molar-refractivity contribution >= 4 is 22.5 Å². The predicted octanol–water partition coefficient (Wildman–Crippen LogP) is 2.65. The Balaban J connectivity index is 2.56. The highest BCUT2D eigenvalue weighted by atomic mass is 35.5. The van der Waals surface area contributed by atoms with Gasteiger partial charge in [-0.05, 0) is 38.1 Å². The van der Waals surface area contributed by atoms with Gasteiger partial charge in [0.25, 0.3) is 5.56 Å². The highest BCUT2D eigenvalue weighted by Crippen LogP contribution is 2.17. The molecule has 2 aromatic rings. The molecule has 0 aliphatic rings. The lowest BCUT2D eigenvalue weighted by Crippen LogP contribution is -2.29. The number of halogens is 1. The molecule has 0 amide bonds. The molecule has 4 nitrogen and oxygen atoms in total. The molecular weight excluding hydrogens is 262 g/mol. The fourth-order valence-electron chi connectivity index (χ4n) is 2.10. The molecule has 5 heteroatoms. The second kappa shape index (κ2) is 5.72. The molecule has 0 saturated carbocycles. The second-order valence-electron chi connectivity index (χ2n) is 4.67. The summed E-state index contributed by atoms with van der Waals surface area (Å²) in [5, 5.41) is 4.53. The van der Waals surface area contributed by atoms with E-state index in [1.165, 1.54) is 0 Å². The predicted molar refractivity (Wildman–Crippen MR) is 78.7 cm³/mol. The quantitative estimate of drug-likeness (QED) is 0.936. The summed E-state index contributed by atoms with van der Waals surface area (Å²) in [5.41, 5.74) is 0.609. The Labute approximate surface area is 117 Å². The number of hydrogen-bond donors (Lipinski definition) is 1. The highest BCUT2D eigenvalue weighted by molar-refractivity contribution is 6.31. The largest absolute Gasteiger partial charge is 0.308 e. The molecule has 1 aromatic heterocycles. The van der Waals surface area contributed by atoms with Crippen molar-refractivity contribution in [1.29, 1.82) is 0 Å². The van der Waals surface area contributed by atoms with Crippen LogP contribution in [0.5, 0.6) is 0 Å². The normalized spacial score (nSPS) is 12.8. The molecule has 0 saturated heterocycles. The van der Waals surface area contributed by atoms with Crippen LogP contribution in [0.3, 0.4) is 0 Å². The topological polar surface area (TPSA) is 46.9 Å². The minimum Gasteiger partial charge on any atom is -0.308 e. The van der Waals surface area contributed by atoms with E-state index in [-0.39, 0.29) is 11.6 Å². The van der Waals surface area contributed by atoms with Crippen molar-refractivity contribution in [3.63, 3.8) is 0 Å². The van der Waals surface area contributed by atoms with E-state index < -0.39 is 0 Å². The minimum absolute atomic E-state index is 0.0287. The third-order valence-corrected chi connectivity index (χ3v) is 3.40. The first kappa shape index (κ1) is 14.0. The van der Waals surface area contributed by atoms with Gasteiger partial charge in [-0.1, -0.05) is 18.5 Å². The lowest BCUT2D eigenvalue weighted by atomic mass is 10.2. The van der Waals surface area contributed by atoms with Gasteiger partial charge in [-0.3, -0.25) is 9.36 Å². The number of fused-ring (bicyclic) bond motifs is 1. The summed E-state index contributed by atoms with van der Waals surface area (Å²) in [6, 6.07) is 5.20. The van der Waals surface area contributed by atoms with Crippen LogP contribution in [0, 0.1) is 0 Å². The van der Waals surface area contributed by atoms with Gasteiger partial charge >= 0.3 is 0 Å². The zero-order chi connectivity index (χ0) is 14.0. The fourth-order valence-corrected chi connectivity index (χ4v) is 2.27. The van der Waals surface area contributed by atoms with Gasteiger partial charge < -0.3 is 5.32 Å². The standard InChI is InChI=1S/C14H18ClN3O/c1-4-7-16-9(2)13-17-12-8-10(15)5-6-11(12)14(19)18(13)3/h5-6,8-9,16H,4,7H2,1-3H3. The maximum absolute atomic E-state index is 12.3. The molecular formula is C14H18ClN3O. The fraction of sp³-hybridized carbons (Fsp3) is 0.429. The number of aromatic nitrogens is 2. The van der Waals surface area contributed by atoms with Gasteiger partial charge in [0, 0.05) is 12.1 Å². The van der Waals surface area contributed by atoms with Gasteiger partial charge in [-0.15, -0.1) is 0 Å². The molecule has 1 atom stereocenters. The molecule has 2 rings (SSSR count). The molecule has 0 aliphatic carbocycles. The van der Waals surface area contributed by atoms with E-state index in [9.17, 15) is 4.79 Å². The third-order valence-electron chi connectivity index (χ3n) is 3.16. The van der Waals surface area contributed by atoms with Gasteiger partial charge in [0.2, 0.25) is 0 Å². The van der Waals surface area contributed by atoms with Gasteiger partial charge in [-0.2, -0.15) is 0 Å². The number of hydrogen-bond acceptors (Lipinski definition) is 3. The van der Waals surface area contributed by atoms with Crippen LogP contribution in [0.4, 0.5) is 0 Å². The third kappa shape index (κ3) is 2.80. The van der Waals surface area contributed by atoms with Crippen LogP contribution in [0.2, 0.25) is 5.02 Å². The van der Waals surface area contributed by atoms with Crippen LogP contribution in [0.15, 0.2) is 23.0 Å². The molecule has 1 unspecified atom stereocenters. The smallest absolute Gasteiger partial charge is 0.261 e. The molecule has 1 aromatic carbocycles. The first-order valence-electron chi connectivity index (χ1n) is 6.44. The first-order valence-corrected chi connectivity index (χ1v) is 6.82. The summed E-state index contributed by atoms with van der Waals surface area (Å²) in [4.78, 5) is 16.9. The zero-order valence-electron chi connectivity index (χ0n) is 11.4. The van der Waals surface area contributed by atoms with Crippen molar-refractivity contribution in [3.8, 4) is 0 Å². The highest BCUT2D eigenvalue weighted by Gasteiger charge is 2.13. The van der Waals surface area contributed by atoms with E-state index >= 15 is 0 Å². The van der Waals surface area contributed by atoms with E-state index in [2.05, 4.69) is 17.2 Å². The molecule has 0 spiro atoms. The summed E-state index contributed by atoms with van der Waals surface area (Å²) >= 11 is 5.96. The lowest BCUT2D eigenvalue weighted by Gasteiger charge is -2.16. The summed E-state index contributed by atoms with van der Waals surface area (Å²) in [6.45, 7) is 5.00. The van der Waals surface area contributed by atoms with Gasteiger partial charge in [-0.25, -0.2) is 4.98 Å². The van der Waals surface area contributed by atoms with Crippen molar-refractivity contribution in [2.45, 2.75) is 26.3 Å². The van der Waals surface area contributed by atoms with Gasteiger partial charge in [0.05, 0.1) is 16.9 Å². The SMILES string of the molecule is CCCNC(C)c1nc2cc(Cl)ccc2c(=O)n1C. The van der Waals surface area contributed by atoms with E-state index in [1.54, 1.807) is 29.8 Å². The Morgan fingerprint density at radius 1 is 1.47 bits per heavy atom. The molecule has 0 radical (unpaired) electrons. The number of nitrogens with one attached hydrogen (secondary N) is 1. The average Bonchev–Trinajstić information content (AvgIpc) is 2.39. The molecule has 1 N–H and O–H groups in total. The van der Waals surface area contributed by atoms with Crippen LogP contribution in [0.25, 0.3) is 10.9 Å². The van der Waals surface area contributed by atoms with E-state index in [0.717, 1.165) is 18.8 Å². The Morgan fingerprint density at radius 2 is 2.21 bits per heavy atom. The Bertz CT molecular complexity index is 651. The van der Waals surface area contributed by atoms with Crippen molar-refractivity contribution < 1.29 is 0 Å². The van der Waals surface area contributed by atoms with Crippen LogP contribution >= 0.6 is 11.6 Å². The van der Waals surface area contributed by atoms with E-state index in [1.807, 2.05) is 6.92 Å². The minimum atomic E-state index is -0.0400. The van der Waals surface area contributed by atoms with Crippen LogP contribution in [-0.2, 0) is 7.05 Å². The molecule has 102 valence electrons. The van der Waals surface area contributed by atoms with Crippen molar-refractivity contribution in [3.05, 3.63) is 39.4 Å². The average molecular weight is 280 g/mol. The second-order valence-corrected chi connectivity index (χ2v) is 5.11. The number of rotatable bonds is 4. The summed E-state index contributed by atoms with van der Waals surface area (Å²) in [7, 11) is 1.75. The zero-order valence-corrected chi connectivity index (χ0v) is 12.2. The molecule has 0 bridgehead atoms. The van der Waals surface area contributed by atoms with Crippen LogP contribution < -0.4 is 10.9 Å². The summed E-state index contributed by atoms with van der Waals surface area (Å²) in [5.74, 6) is 0.730. The lowest BCUT2D eigenvalue weighted by molar-refractivity contribution is 0.519. The maximum atomic E-state index is 12.3. The molecule has 0 fully saturated rings. The van der Waals surface area contributed by atoms with Gasteiger partial charge in [0.1, 0.15) is 5.82 Å². The number of nitrogens with zero attached hydrogens (tertiary/aromatic N) is 2. The maximum Gasteiger partial charge on any atom is 0.261 e. The molecule has 1 heterocycles. The first-order chi connectivity index (χ1) is 9.04. The molecule has 0 aliphatic heterocycles. The Kier molecular flexibility index (Phi) is 4.22. The summed E-state index contributed by atoms with van der Waals surface area (Å²) in [6.07, 6.45) is 1.04. The van der Waals surface area contributed by atoms with Crippen molar-refractivity contribution in [1.82, 2.24) is 14.9 Å². The van der Waals surface area contributed by atoms with Crippen molar-refractivity contribution in [2.75, 3.05) is 6.54 Å². The van der Waals surface area contributed by atoms with E-state index in [4.69, 9.17) is 11.6 Å². The van der Waals surface area contributed by atoms with Gasteiger partial charge in [0.15, 0.2) is 0 Å². The monoisotopic (exact) mass is 279 g/mol. The van der Waals surface area contributed by atoms with Crippen LogP contribution in [-0.4, -0.2) is 16.1 Å². The van der Waals surface area contributed by atoms with E-state index in [0.29, 0.717) is 15.9 Å². The van der Waals surface area contributed by atoms with Crippen LogP contribution in [0.1, 0.15) is 32.1 Å². The Morgan fingerprint density at radius 3 is 2.89 bits per heavy atom. The summed E-state index contributed by atoms with van der Waals surface area (Å²) < 4.78 is 1.60. The Hall–Kier alpha value is -1.39.